The summed E-state index contributed by atoms with van der Waals surface area (Å²) in [5.74, 6) is 1.02. The quantitative estimate of drug-likeness (QED) is 0.920. The normalized spacial score (nSPS) is 26.6. The molecule has 2 atom stereocenters. The van der Waals surface area contributed by atoms with Gasteiger partial charge in [0.05, 0.1) is 5.69 Å². The molecule has 0 aromatic carbocycles. The van der Waals surface area contributed by atoms with Crippen LogP contribution in [0.5, 0.6) is 0 Å². The Morgan fingerprint density at radius 3 is 2.70 bits per heavy atom. The molecule has 0 unspecified atom stereocenters. The van der Waals surface area contributed by atoms with Gasteiger partial charge in [-0.15, -0.1) is 11.3 Å². The average molecular weight is 337 g/mol. The highest BCUT2D eigenvalue weighted by molar-refractivity contribution is 7.13. The van der Waals surface area contributed by atoms with E-state index < -0.39 is 0 Å². The fourth-order valence-electron chi connectivity index (χ4n) is 3.92. The summed E-state index contributed by atoms with van der Waals surface area (Å²) in [6.45, 7) is 7.59. The van der Waals surface area contributed by atoms with Gasteiger partial charge in [0.25, 0.3) is 0 Å². The summed E-state index contributed by atoms with van der Waals surface area (Å²) in [6.07, 6.45) is 4.16. The van der Waals surface area contributed by atoms with E-state index in [0.717, 1.165) is 49.7 Å². The number of amides is 1. The predicted molar refractivity (Wildman–Crippen MR) is 94.7 cm³/mol. The average Bonchev–Trinajstić information content (AvgIpc) is 3.00. The number of hydrogen-bond acceptors (Lipinski definition) is 5. The molecule has 0 spiro atoms. The van der Waals surface area contributed by atoms with Crippen LogP contribution < -0.4 is 10.6 Å². The zero-order valence-corrected chi connectivity index (χ0v) is 15.0. The molecule has 0 bridgehead atoms. The first-order valence-electron chi connectivity index (χ1n) is 8.77. The fourth-order valence-corrected chi connectivity index (χ4v) is 4.78. The molecule has 2 N–H and O–H groups in total. The van der Waals surface area contributed by atoms with Crippen molar-refractivity contribution in [1.82, 2.24) is 9.88 Å². The van der Waals surface area contributed by atoms with E-state index in [9.17, 15) is 4.79 Å². The number of likely N-dealkylation sites (tertiary alicyclic amines) is 1. The van der Waals surface area contributed by atoms with E-state index in [4.69, 9.17) is 5.73 Å². The van der Waals surface area contributed by atoms with Crippen LogP contribution in [0.15, 0.2) is 5.38 Å². The molecular formula is C17H28N4OS. The lowest BCUT2D eigenvalue weighted by Gasteiger charge is -2.42. The van der Waals surface area contributed by atoms with Crippen LogP contribution in [0, 0.1) is 18.8 Å². The van der Waals surface area contributed by atoms with Crippen molar-refractivity contribution in [2.24, 2.45) is 17.6 Å². The third-order valence-corrected chi connectivity index (χ3v) is 6.38. The van der Waals surface area contributed by atoms with Crippen LogP contribution in [-0.4, -0.2) is 48.0 Å². The summed E-state index contributed by atoms with van der Waals surface area (Å²) in [7, 11) is 0. The lowest BCUT2D eigenvalue weighted by Crippen LogP contribution is -2.54. The first-order chi connectivity index (χ1) is 11.1. The number of piperidine rings is 2. The zero-order valence-electron chi connectivity index (χ0n) is 14.2. The van der Waals surface area contributed by atoms with Gasteiger partial charge in [-0.25, -0.2) is 4.98 Å². The Labute approximate surface area is 142 Å². The summed E-state index contributed by atoms with van der Waals surface area (Å²) in [4.78, 5) is 21.9. The summed E-state index contributed by atoms with van der Waals surface area (Å²) in [5, 5.41) is 3.19. The van der Waals surface area contributed by atoms with Gasteiger partial charge in [-0.1, -0.05) is 6.92 Å². The molecule has 0 radical (unpaired) electrons. The maximum Gasteiger partial charge on any atom is 0.226 e. The van der Waals surface area contributed by atoms with Gasteiger partial charge < -0.3 is 15.5 Å². The van der Waals surface area contributed by atoms with Crippen molar-refractivity contribution >= 4 is 22.4 Å². The number of hydrogen-bond donors (Lipinski definition) is 1. The Kier molecular flexibility index (Phi) is 5.21. The second-order valence-electron chi connectivity index (χ2n) is 6.99. The van der Waals surface area contributed by atoms with Crippen molar-refractivity contribution in [3.05, 3.63) is 11.1 Å². The van der Waals surface area contributed by atoms with Gasteiger partial charge in [0.2, 0.25) is 5.91 Å². The highest BCUT2D eigenvalue weighted by Gasteiger charge is 2.35. The third kappa shape index (κ3) is 3.53. The first kappa shape index (κ1) is 16.7. The topological polar surface area (TPSA) is 62.5 Å². The maximum atomic E-state index is 13.0. The van der Waals surface area contributed by atoms with Gasteiger partial charge >= 0.3 is 0 Å². The van der Waals surface area contributed by atoms with Crippen molar-refractivity contribution in [1.29, 1.82) is 0 Å². The van der Waals surface area contributed by atoms with E-state index in [2.05, 4.69) is 27.1 Å². The van der Waals surface area contributed by atoms with Crippen molar-refractivity contribution < 1.29 is 4.79 Å². The van der Waals surface area contributed by atoms with Gasteiger partial charge in [0, 0.05) is 43.5 Å². The standard InChI is InChI=1S/C17H28N4OS/c1-12-4-3-7-21(15(12)10-18)16(22)14-5-8-20(9-6-14)17-19-13(2)11-23-17/h11-12,14-15H,3-10,18H2,1-2H3/t12-,15-/m0/s1. The van der Waals surface area contributed by atoms with Crippen molar-refractivity contribution in [3.8, 4) is 0 Å². The van der Waals surface area contributed by atoms with Crippen LogP contribution in [0.1, 0.15) is 38.3 Å². The number of rotatable bonds is 3. The van der Waals surface area contributed by atoms with Crippen LogP contribution in [0.3, 0.4) is 0 Å². The molecule has 128 valence electrons. The van der Waals surface area contributed by atoms with Crippen molar-refractivity contribution in [2.45, 2.75) is 45.6 Å². The molecule has 1 amide bonds. The molecule has 0 aliphatic carbocycles. The summed E-state index contributed by atoms with van der Waals surface area (Å²) < 4.78 is 0. The number of anilines is 1. The molecule has 6 heteroatoms. The highest BCUT2D eigenvalue weighted by atomic mass is 32.1. The maximum absolute atomic E-state index is 13.0. The number of aromatic nitrogens is 1. The SMILES string of the molecule is Cc1csc(N2CCC(C(=O)N3CCC[C@H](C)[C@@H]3CN)CC2)n1. The van der Waals surface area contributed by atoms with Crippen LogP contribution >= 0.6 is 11.3 Å². The Bertz CT molecular complexity index is 538. The molecule has 2 aliphatic heterocycles. The lowest BCUT2D eigenvalue weighted by molar-refractivity contribution is -0.141. The molecular weight excluding hydrogens is 308 g/mol. The van der Waals surface area contributed by atoms with Crippen molar-refractivity contribution in [2.75, 3.05) is 31.1 Å². The summed E-state index contributed by atoms with van der Waals surface area (Å²) >= 11 is 1.70. The minimum absolute atomic E-state index is 0.159. The zero-order chi connectivity index (χ0) is 16.4. The molecule has 23 heavy (non-hydrogen) atoms. The number of carbonyl (C=O) groups is 1. The van der Waals surface area contributed by atoms with Crippen LogP contribution in [0.2, 0.25) is 0 Å². The third-order valence-electron chi connectivity index (χ3n) is 5.36. The Hall–Kier alpha value is -1.14. The molecule has 2 fully saturated rings. The van der Waals surface area contributed by atoms with Crippen molar-refractivity contribution in [3.63, 3.8) is 0 Å². The molecule has 2 aliphatic rings. The summed E-state index contributed by atoms with van der Waals surface area (Å²) in [5.41, 5.74) is 7.02. The van der Waals surface area contributed by atoms with E-state index >= 15 is 0 Å². The molecule has 0 saturated carbocycles. The monoisotopic (exact) mass is 336 g/mol. The molecule has 3 rings (SSSR count). The number of thiazole rings is 1. The van der Waals surface area contributed by atoms with Gasteiger partial charge in [0.15, 0.2) is 5.13 Å². The van der Waals surface area contributed by atoms with Gasteiger partial charge in [-0.05, 0) is 38.5 Å². The lowest BCUT2D eigenvalue weighted by atomic mass is 9.88. The molecule has 1 aromatic rings. The fraction of sp³-hybridized carbons (Fsp3) is 0.765. The van der Waals surface area contributed by atoms with E-state index in [-0.39, 0.29) is 12.0 Å². The smallest absolute Gasteiger partial charge is 0.226 e. The Morgan fingerprint density at radius 1 is 1.35 bits per heavy atom. The Balaban J connectivity index is 1.59. The minimum atomic E-state index is 0.159. The van der Waals surface area contributed by atoms with Gasteiger partial charge in [-0.2, -0.15) is 0 Å². The first-order valence-corrected chi connectivity index (χ1v) is 9.65. The van der Waals surface area contributed by atoms with Gasteiger partial charge in [-0.3, -0.25) is 4.79 Å². The van der Waals surface area contributed by atoms with E-state index in [1.54, 1.807) is 11.3 Å². The largest absolute Gasteiger partial charge is 0.348 e. The highest BCUT2D eigenvalue weighted by Crippen LogP contribution is 2.30. The molecule has 2 saturated heterocycles. The number of carbonyl (C=O) groups excluding carboxylic acids is 1. The van der Waals surface area contributed by atoms with Gasteiger partial charge in [0.1, 0.15) is 0 Å². The van der Waals surface area contributed by atoms with E-state index in [1.807, 2.05) is 6.92 Å². The Morgan fingerprint density at radius 2 is 2.09 bits per heavy atom. The second kappa shape index (κ2) is 7.18. The number of nitrogens with zero attached hydrogens (tertiary/aromatic N) is 3. The van der Waals surface area contributed by atoms with Crippen LogP contribution in [0.25, 0.3) is 0 Å². The molecule has 3 heterocycles. The molecule has 5 nitrogen and oxygen atoms in total. The predicted octanol–water partition coefficient (Wildman–Crippen LogP) is 2.25. The number of aryl methyl sites for hydroxylation is 1. The van der Waals surface area contributed by atoms with E-state index in [0.29, 0.717) is 18.4 Å². The van der Waals surface area contributed by atoms with Crippen LogP contribution in [-0.2, 0) is 4.79 Å². The minimum Gasteiger partial charge on any atom is -0.348 e. The summed E-state index contributed by atoms with van der Waals surface area (Å²) in [6, 6.07) is 0.232. The number of nitrogens with two attached hydrogens (primary N) is 1. The van der Waals surface area contributed by atoms with Crippen LogP contribution in [0.4, 0.5) is 5.13 Å². The van der Waals surface area contributed by atoms with E-state index in [1.165, 1.54) is 6.42 Å². The second-order valence-corrected chi connectivity index (χ2v) is 7.82. The molecule has 1 aromatic heterocycles.